The summed E-state index contributed by atoms with van der Waals surface area (Å²) in [6.45, 7) is -0.0725. The van der Waals surface area contributed by atoms with Crippen LogP contribution in [0.25, 0.3) is 0 Å². The van der Waals surface area contributed by atoms with Crippen LogP contribution >= 0.6 is 11.6 Å². The lowest BCUT2D eigenvalue weighted by Crippen LogP contribution is -2.06. The summed E-state index contributed by atoms with van der Waals surface area (Å²) in [6.07, 6.45) is 0. The van der Waals surface area contributed by atoms with Crippen molar-refractivity contribution in [2.45, 2.75) is 11.5 Å². The van der Waals surface area contributed by atoms with E-state index in [2.05, 4.69) is 0 Å². The molecule has 18 heavy (non-hydrogen) atoms. The van der Waals surface area contributed by atoms with Crippen LogP contribution in [0.1, 0.15) is 5.56 Å². The fraction of sp³-hybridized carbons (Fsp3) is 0.0769. The molecule has 0 aliphatic carbocycles. The Morgan fingerprint density at radius 3 is 2.22 bits per heavy atom. The Hall–Kier alpha value is -1.36. The van der Waals surface area contributed by atoms with E-state index in [-0.39, 0.29) is 11.5 Å². The number of benzene rings is 2. The van der Waals surface area contributed by atoms with Gasteiger partial charge in [-0.25, -0.2) is 0 Å². The van der Waals surface area contributed by atoms with Crippen molar-refractivity contribution in [3.05, 3.63) is 65.2 Å². The molecular formula is C13H11ClO3S. The third kappa shape index (κ3) is 3.10. The van der Waals surface area contributed by atoms with Gasteiger partial charge in [0.2, 0.25) is 0 Å². The number of hydrogen-bond acceptors (Lipinski definition) is 3. The summed E-state index contributed by atoms with van der Waals surface area (Å²) >= 11 is 5.92. The summed E-state index contributed by atoms with van der Waals surface area (Å²) in [7, 11) is -3.73. The second-order valence-corrected chi connectivity index (χ2v) is 5.64. The molecule has 3 nitrogen and oxygen atoms in total. The first-order valence-electron chi connectivity index (χ1n) is 5.27. The summed E-state index contributed by atoms with van der Waals surface area (Å²) in [6, 6.07) is 15.0. The molecule has 2 aromatic rings. The van der Waals surface area contributed by atoms with Crippen molar-refractivity contribution in [3.63, 3.8) is 0 Å². The lowest BCUT2D eigenvalue weighted by molar-refractivity contribution is 0.308. The minimum Gasteiger partial charge on any atom is -0.261 e. The van der Waals surface area contributed by atoms with Gasteiger partial charge >= 0.3 is 0 Å². The molecular weight excluding hydrogens is 272 g/mol. The normalized spacial score (nSPS) is 11.4. The van der Waals surface area contributed by atoms with Gasteiger partial charge in [0.05, 0.1) is 11.5 Å². The van der Waals surface area contributed by atoms with Crippen molar-refractivity contribution in [2.24, 2.45) is 0 Å². The van der Waals surface area contributed by atoms with Crippen molar-refractivity contribution >= 4 is 21.7 Å². The van der Waals surface area contributed by atoms with Gasteiger partial charge in [0.25, 0.3) is 10.1 Å². The lowest BCUT2D eigenvalue weighted by atomic mass is 10.2. The molecule has 0 saturated carbocycles. The molecule has 0 radical (unpaired) electrons. The van der Waals surface area contributed by atoms with Gasteiger partial charge in [0, 0.05) is 5.02 Å². The van der Waals surface area contributed by atoms with Crippen LogP contribution in [0, 0.1) is 0 Å². The first-order chi connectivity index (χ1) is 8.59. The standard InChI is InChI=1S/C13H11ClO3S/c14-13-9-5-4-6-11(13)10-17-18(15,16)12-7-2-1-3-8-12/h1-9H,10H2. The molecule has 5 heteroatoms. The fourth-order valence-corrected chi connectivity index (χ4v) is 2.51. The Balaban J connectivity index is 2.14. The molecule has 0 spiro atoms. The van der Waals surface area contributed by atoms with Gasteiger partial charge in [-0.05, 0) is 23.8 Å². The predicted octanol–water partition coefficient (Wildman–Crippen LogP) is 3.25. The molecule has 2 aromatic carbocycles. The van der Waals surface area contributed by atoms with E-state index < -0.39 is 10.1 Å². The molecule has 94 valence electrons. The zero-order valence-corrected chi connectivity index (χ0v) is 11.0. The highest BCUT2D eigenvalue weighted by Gasteiger charge is 2.15. The maximum absolute atomic E-state index is 11.9. The van der Waals surface area contributed by atoms with E-state index in [0.29, 0.717) is 10.6 Å². The largest absolute Gasteiger partial charge is 0.297 e. The summed E-state index contributed by atoms with van der Waals surface area (Å²) in [5.74, 6) is 0. The van der Waals surface area contributed by atoms with Crippen LogP contribution in [0.3, 0.4) is 0 Å². The van der Waals surface area contributed by atoms with Crippen molar-refractivity contribution in [3.8, 4) is 0 Å². The fourth-order valence-electron chi connectivity index (χ4n) is 1.41. The van der Waals surface area contributed by atoms with Crippen molar-refractivity contribution in [2.75, 3.05) is 0 Å². The lowest BCUT2D eigenvalue weighted by Gasteiger charge is -2.06. The van der Waals surface area contributed by atoms with Crippen LogP contribution in [0.5, 0.6) is 0 Å². The molecule has 0 saturated heterocycles. The van der Waals surface area contributed by atoms with E-state index >= 15 is 0 Å². The van der Waals surface area contributed by atoms with Crippen LogP contribution in [0.2, 0.25) is 5.02 Å². The van der Waals surface area contributed by atoms with Crippen molar-refractivity contribution in [1.29, 1.82) is 0 Å². The minimum atomic E-state index is -3.73. The third-order valence-electron chi connectivity index (χ3n) is 2.36. The Labute approximate surface area is 111 Å². The van der Waals surface area contributed by atoms with Gasteiger partial charge < -0.3 is 0 Å². The monoisotopic (exact) mass is 282 g/mol. The summed E-state index contributed by atoms with van der Waals surface area (Å²) in [4.78, 5) is 0.136. The summed E-state index contributed by atoms with van der Waals surface area (Å²) < 4.78 is 28.7. The molecule has 0 aliphatic rings. The molecule has 0 bridgehead atoms. The van der Waals surface area contributed by atoms with Crippen LogP contribution in [0.4, 0.5) is 0 Å². The van der Waals surface area contributed by atoms with E-state index in [9.17, 15) is 8.42 Å². The van der Waals surface area contributed by atoms with Crippen molar-refractivity contribution in [1.82, 2.24) is 0 Å². The molecule has 0 fully saturated rings. The summed E-state index contributed by atoms with van der Waals surface area (Å²) in [5.41, 5.74) is 0.638. The first-order valence-corrected chi connectivity index (χ1v) is 7.06. The van der Waals surface area contributed by atoms with Gasteiger partial charge in [-0.15, -0.1) is 0 Å². The molecule has 0 heterocycles. The molecule has 0 unspecified atom stereocenters. The predicted molar refractivity (Wildman–Crippen MR) is 69.9 cm³/mol. The molecule has 0 amide bonds. The smallest absolute Gasteiger partial charge is 0.261 e. The van der Waals surface area contributed by atoms with Crippen LogP contribution in [0.15, 0.2) is 59.5 Å². The molecule has 0 atom stereocenters. The quantitative estimate of drug-likeness (QED) is 0.809. The van der Waals surface area contributed by atoms with Gasteiger partial charge in [0.1, 0.15) is 0 Å². The van der Waals surface area contributed by atoms with Crippen LogP contribution in [-0.2, 0) is 20.9 Å². The molecule has 0 aliphatic heterocycles. The van der Waals surface area contributed by atoms with E-state index in [1.807, 2.05) is 0 Å². The second kappa shape index (κ2) is 5.52. The number of halogens is 1. The van der Waals surface area contributed by atoms with E-state index in [1.165, 1.54) is 12.1 Å². The Bertz CT molecular complexity index is 624. The average molecular weight is 283 g/mol. The Kier molecular flexibility index (Phi) is 4.01. The SMILES string of the molecule is O=S(=O)(OCc1ccccc1Cl)c1ccccc1. The summed E-state index contributed by atoms with van der Waals surface area (Å²) in [5, 5.41) is 0.487. The van der Waals surface area contributed by atoms with E-state index in [0.717, 1.165) is 0 Å². The van der Waals surface area contributed by atoms with E-state index in [1.54, 1.807) is 42.5 Å². The third-order valence-corrected chi connectivity index (χ3v) is 4.01. The Morgan fingerprint density at radius 2 is 1.56 bits per heavy atom. The van der Waals surface area contributed by atoms with Crippen LogP contribution < -0.4 is 0 Å². The zero-order chi connectivity index (χ0) is 13.0. The maximum Gasteiger partial charge on any atom is 0.297 e. The second-order valence-electron chi connectivity index (χ2n) is 3.62. The first kappa shape index (κ1) is 13.1. The Morgan fingerprint density at radius 1 is 0.944 bits per heavy atom. The molecule has 2 rings (SSSR count). The topological polar surface area (TPSA) is 43.4 Å². The van der Waals surface area contributed by atoms with E-state index in [4.69, 9.17) is 15.8 Å². The number of hydrogen-bond donors (Lipinski definition) is 0. The van der Waals surface area contributed by atoms with Gasteiger partial charge in [-0.2, -0.15) is 8.42 Å². The van der Waals surface area contributed by atoms with Gasteiger partial charge in [-0.3, -0.25) is 4.18 Å². The van der Waals surface area contributed by atoms with Crippen molar-refractivity contribution < 1.29 is 12.6 Å². The van der Waals surface area contributed by atoms with Crippen LogP contribution in [-0.4, -0.2) is 8.42 Å². The maximum atomic E-state index is 11.9. The highest BCUT2D eigenvalue weighted by Crippen LogP contribution is 2.19. The van der Waals surface area contributed by atoms with Gasteiger partial charge in [0.15, 0.2) is 0 Å². The molecule has 0 N–H and O–H groups in total. The zero-order valence-electron chi connectivity index (χ0n) is 9.41. The van der Waals surface area contributed by atoms with Gasteiger partial charge in [-0.1, -0.05) is 48.0 Å². The molecule has 0 aromatic heterocycles. The minimum absolute atomic E-state index is 0.0725. The average Bonchev–Trinajstić information content (AvgIpc) is 2.39. The highest BCUT2D eigenvalue weighted by atomic mass is 35.5. The number of rotatable bonds is 4. The highest BCUT2D eigenvalue weighted by molar-refractivity contribution is 7.86.